The number of nitrogens with zero attached hydrogens (tertiary/aromatic N) is 2. The lowest BCUT2D eigenvalue weighted by molar-refractivity contribution is 0.669. The van der Waals surface area contributed by atoms with E-state index in [2.05, 4.69) is 175 Å². The highest BCUT2D eigenvalue weighted by Crippen LogP contribution is 2.44. The van der Waals surface area contributed by atoms with Crippen LogP contribution in [0.4, 0.5) is 0 Å². The molecule has 1 unspecified atom stereocenters. The Morgan fingerprint density at radius 2 is 1.07 bits per heavy atom. The van der Waals surface area contributed by atoms with E-state index < -0.39 is 0 Å². The molecule has 0 aliphatic carbocycles. The fourth-order valence-electron chi connectivity index (χ4n) is 8.34. The van der Waals surface area contributed by atoms with E-state index in [4.69, 9.17) is 14.4 Å². The summed E-state index contributed by atoms with van der Waals surface area (Å²) in [5.74, 6) is 1.50. The summed E-state index contributed by atoms with van der Waals surface area (Å²) >= 11 is 0. The number of fused-ring (bicyclic) bond motifs is 5. The SMILES string of the molecule is c1ccc(C2=NC(c3cccc(-c4ccc(-c5cc(-c6ccc7ccccc7c6)cc6oc7ccccc7c56)c5ccccc45)c3)=NC(c3ccccc3)N2)cc1. The first kappa shape index (κ1) is 32.8. The Morgan fingerprint density at radius 3 is 1.91 bits per heavy atom. The molecule has 11 rings (SSSR count). The molecule has 1 aromatic heterocycles. The monoisotopic (exact) mass is 729 g/mol. The van der Waals surface area contributed by atoms with Gasteiger partial charge in [0, 0.05) is 21.9 Å². The fraction of sp³-hybridized carbons (Fsp3) is 0.0189. The van der Waals surface area contributed by atoms with Gasteiger partial charge in [-0.15, -0.1) is 0 Å². The zero-order valence-corrected chi connectivity index (χ0v) is 30.9. The third-order valence-electron chi connectivity index (χ3n) is 11.1. The summed E-state index contributed by atoms with van der Waals surface area (Å²) in [5.41, 5.74) is 11.7. The molecule has 2 heterocycles. The van der Waals surface area contributed by atoms with Gasteiger partial charge in [-0.3, -0.25) is 0 Å². The second-order valence-electron chi connectivity index (χ2n) is 14.6. The maximum atomic E-state index is 6.59. The Kier molecular flexibility index (Phi) is 7.85. The number of rotatable bonds is 6. The predicted molar refractivity (Wildman–Crippen MR) is 237 cm³/mol. The zero-order chi connectivity index (χ0) is 37.7. The van der Waals surface area contributed by atoms with Gasteiger partial charge in [-0.1, -0.05) is 170 Å². The van der Waals surface area contributed by atoms with Crippen molar-refractivity contribution in [2.24, 2.45) is 9.98 Å². The summed E-state index contributed by atoms with van der Waals surface area (Å²) < 4.78 is 6.59. The van der Waals surface area contributed by atoms with Crippen molar-refractivity contribution >= 4 is 55.2 Å². The second-order valence-corrected chi connectivity index (χ2v) is 14.6. The molecule has 0 amide bonds. The molecule has 10 aromatic rings. The summed E-state index contributed by atoms with van der Waals surface area (Å²) in [4.78, 5) is 10.3. The van der Waals surface area contributed by atoms with E-state index in [0.29, 0.717) is 5.84 Å². The van der Waals surface area contributed by atoms with Crippen molar-refractivity contribution in [2.45, 2.75) is 6.17 Å². The number of benzene rings is 9. The molecule has 0 bridgehead atoms. The lowest BCUT2D eigenvalue weighted by Crippen LogP contribution is -2.33. The van der Waals surface area contributed by atoms with Crippen LogP contribution in [0, 0.1) is 0 Å². The van der Waals surface area contributed by atoms with Gasteiger partial charge in [-0.2, -0.15) is 0 Å². The van der Waals surface area contributed by atoms with Crippen molar-refractivity contribution in [3.8, 4) is 33.4 Å². The largest absolute Gasteiger partial charge is 0.456 e. The molecule has 1 aliphatic rings. The van der Waals surface area contributed by atoms with Gasteiger partial charge in [-0.25, -0.2) is 9.98 Å². The Hall–Kier alpha value is -7.56. The maximum Gasteiger partial charge on any atom is 0.159 e. The normalized spacial score (nSPS) is 14.1. The van der Waals surface area contributed by atoms with Crippen LogP contribution in [-0.2, 0) is 0 Å². The molecular formula is C53H35N3O. The fourth-order valence-corrected chi connectivity index (χ4v) is 8.34. The summed E-state index contributed by atoms with van der Waals surface area (Å²) in [7, 11) is 0. The van der Waals surface area contributed by atoms with E-state index in [1.807, 2.05) is 30.3 Å². The predicted octanol–water partition coefficient (Wildman–Crippen LogP) is 13.4. The highest BCUT2D eigenvalue weighted by molar-refractivity contribution is 6.18. The van der Waals surface area contributed by atoms with Crippen LogP contribution < -0.4 is 5.32 Å². The van der Waals surface area contributed by atoms with Crippen LogP contribution in [0.3, 0.4) is 0 Å². The van der Waals surface area contributed by atoms with Gasteiger partial charge < -0.3 is 9.73 Å². The van der Waals surface area contributed by atoms with E-state index in [-0.39, 0.29) is 6.17 Å². The minimum atomic E-state index is -0.265. The van der Waals surface area contributed by atoms with E-state index in [9.17, 15) is 0 Å². The zero-order valence-electron chi connectivity index (χ0n) is 30.9. The molecule has 268 valence electrons. The molecule has 0 spiro atoms. The molecule has 1 N–H and O–H groups in total. The minimum absolute atomic E-state index is 0.265. The van der Waals surface area contributed by atoms with E-state index in [0.717, 1.165) is 77.8 Å². The Balaban J connectivity index is 1.06. The molecule has 0 radical (unpaired) electrons. The second kappa shape index (κ2) is 13.6. The van der Waals surface area contributed by atoms with E-state index in [1.165, 1.54) is 21.5 Å². The summed E-state index contributed by atoms with van der Waals surface area (Å²) in [6.45, 7) is 0. The first-order valence-electron chi connectivity index (χ1n) is 19.3. The van der Waals surface area contributed by atoms with Crippen molar-refractivity contribution < 1.29 is 4.42 Å². The van der Waals surface area contributed by atoms with Crippen molar-refractivity contribution in [3.05, 3.63) is 217 Å². The molecule has 0 saturated heterocycles. The van der Waals surface area contributed by atoms with Crippen LogP contribution >= 0.6 is 0 Å². The number of nitrogens with one attached hydrogen (secondary N) is 1. The molecule has 0 fully saturated rings. The highest BCUT2D eigenvalue weighted by Gasteiger charge is 2.22. The number of furan rings is 1. The summed E-state index contributed by atoms with van der Waals surface area (Å²) in [6, 6.07) is 70.6. The Morgan fingerprint density at radius 1 is 0.404 bits per heavy atom. The molecule has 0 saturated carbocycles. The molecule has 1 atom stereocenters. The average Bonchev–Trinajstić information content (AvgIpc) is 3.67. The van der Waals surface area contributed by atoms with Crippen molar-refractivity contribution in [2.75, 3.05) is 0 Å². The molecular weight excluding hydrogens is 695 g/mol. The number of para-hydroxylation sites is 1. The van der Waals surface area contributed by atoms with Gasteiger partial charge >= 0.3 is 0 Å². The topological polar surface area (TPSA) is 49.9 Å². The molecule has 4 heteroatoms. The van der Waals surface area contributed by atoms with Crippen LogP contribution in [0.1, 0.15) is 22.9 Å². The summed E-state index contributed by atoms with van der Waals surface area (Å²) in [5, 5.41) is 10.6. The third kappa shape index (κ3) is 5.87. The average molecular weight is 730 g/mol. The smallest absolute Gasteiger partial charge is 0.159 e. The Labute approximate surface area is 330 Å². The summed E-state index contributed by atoms with van der Waals surface area (Å²) in [6.07, 6.45) is -0.265. The minimum Gasteiger partial charge on any atom is -0.456 e. The standard InChI is InChI=1S/C53H35N3O/c1-3-15-35(16-4-1)51-54-52(36-17-5-2-6-18-36)56-53(55-51)40-21-13-20-39(31-40)42-28-29-45(44-23-10-9-22-43(42)44)47-32-41(38-27-26-34-14-7-8-19-37(34)30-38)33-49-50(47)46-24-11-12-25-48(46)57-49/h1-33,51H,(H,54,55,56). The van der Waals surface area contributed by atoms with Gasteiger partial charge in [-0.05, 0) is 90.8 Å². The van der Waals surface area contributed by atoms with Gasteiger partial charge in [0.25, 0.3) is 0 Å². The van der Waals surface area contributed by atoms with Crippen LogP contribution in [0.15, 0.2) is 215 Å². The van der Waals surface area contributed by atoms with Crippen LogP contribution in [-0.4, -0.2) is 11.7 Å². The van der Waals surface area contributed by atoms with Crippen LogP contribution in [0.5, 0.6) is 0 Å². The van der Waals surface area contributed by atoms with Crippen molar-refractivity contribution in [1.29, 1.82) is 0 Å². The maximum absolute atomic E-state index is 6.59. The number of hydrogen-bond donors (Lipinski definition) is 1. The molecule has 1 aliphatic heterocycles. The Bertz CT molecular complexity index is 3210. The van der Waals surface area contributed by atoms with E-state index in [1.54, 1.807) is 0 Å². The van der Waals surface area contributed by atoms with Crippen molar-refractivity contribution in [3.63, 3.8) is 0 Å². The van der Waals surface area contributed by atoms with Gasteiger partial charge in [0.2, 0.25) is 0 Å². The lowest BCUT2D eigenvalue weighted by Gasteiger charge is -2.23. The van der Waals surface area contributed by atoms with Crippen LogP contribution in [0.25, 0.3) is 76.9 Å². The van der Waals surface area contributed by atoms with E-state index >= 15 is 0 Å². The van der Waals surface area contributed by atoms with Gasteiger partial charge in [0.1, 0.15) is 23.2 Å². The first-order chi connectivity index (χ1) is 28.2. The number of aliphatic imine (C=N–C) groups is 2. The first-order valence-corrected chi connectivity index (χ1v) is 19.3. The third-order valence-corrected chi connectivity index (χ3v) is 11.1. The van der Waals surface area contributed by atoms with Crippen molar-refractivity contribution in [1.82, 2.24) is 5.32 Å². The highest BCUT2D eigenvalue weighted by atomic mass is 16.3. The molecule has 4 nitrogen and oxygen atoms in total. The molecule has 57 heavy (non-hydrogen) atoms. The lowest BCUT2D eigenvalue weighted by atomic mass is 9.88. The number of amidine groups is 2. The van der Waals surface area contributed by atoms with Gasteiger partial charge in [0.15, 0.2) is 5.84 Å². The number of hydrogen-bond acceptors (Lipinski definition) is 4. The van der Waals surface area contributed by atoms with Gasteiger partial charge in [0.05, 0.1) is 0 Å². The van der Waals surface area contributed by atoms with Crippen LogP contribution in [0.2, 0.25) is 0 Å². The quantitative estimate of drug-likeness (QED) is 0.185. The molecule has 9 aromatic carbocycles.